The molecule has 0 saturated carbocycles. The van der Waals surface area contributed by atoms with Crippen molar-refractivity contribution in [1.29, 1.82) is 0 Å². The molecule has 226 valence electrons. The molecule has 0 aliphatic carbocycles. The maximum absolute atomic E-state index is 13.5. The van der Waals surface area contributed by atoms with E-state index in [0.717, 1.165) is 27.4 Å². The van der Waals surface area contributed by atoms with Gasteiger partial charge in [-0.3, -0.25) is 14.6 Å². The van der Waals surface area contributed by atoms with Gasteiger partial charge >= 0.3 is 0 Å². The van der Waals surface area contributed by atoms with Gasteiger partial charge in [-0.05, 0) is 61.1 Å². The highest BCUT2D eigenvalue weighted by atomic mass is 32.1. The summed E-state index contributed by atoms with van der Waals surface area (Å²) in [5.74, 6) is -0.172. The van der Waals surface area contributed by atoms with E-state index in [-0.39, 0.29) is 24.4 Å². The summed E-state index contributed by atoms with van der Waals surface area (Å²) in [7, 11) is 1.74. The monoisotopic (exact) mass is 599 g/mol. The van der Waals surface area contributed by atoms with Gasteiger partial charge in [0.25, 0.3) is 11.8 Å². The van der Waals surface area contributed by atoms with Crippen LogP contribution in [-0.4, -0.2) is 57.5 Å². The van der Waals surface area contributed by atoms with Crippen LogP contribution in [0.5, 0.6) is 0 Å². The third kappa shape index (κ3) is 8.79. The molecule has 0 spiro atoms. The maximum atomic E-state index is 13.5. The van der Waals surface area contributed by atoms with E-state index in [2.05, 4.69) is 40.5 Å². The summed E-state index contributed by atoms with van der Waals surface area (Å²) in [4.78, 5) is 37.3. The molecule has 4 aromatic rings. The molecule has 9 heteroatoms. The van der Waals surface area contributed by atoms with Gasteiger partial charge in [-0.15, -0.1) is 11.3 Å². The van der Waals surface area contributed by atoms with Crippen LogP contribution in [0.15, 0.2) is 78.4 Å². The Hall–Kier alpha value is -3.92. The van der Waals surface area contributed by atoms with Crippen LogP contribution in [0.1, 0.15) is 80.8 Å². The van der Waals surface area contributed by atoms with Crippen LogP contribution in [0, 0.1) is 6.92 Å². The normalized spacial score (nSPS) is 13.4. The topological polar surface area (TPSA) is 107 Å². The number of hydrogen-bond acceptors (Lipinski definition) is 7. The summed E-state index contributed by atoms with van der Waals surface area (Å²) in [5, 5.41) is 20.4. The highest BCUT2D eigenvalue weighted by Gasteiger charge is 2.25. The second kappa shape index (κ2) is 15.0. The van der Waals surface area contributed by atoms with E-state index in [0.29, 0.717) is 30.0 Å². The molecule has 8 nitrogen and oxygen atoms in total. The zero-order valence-corrected chi connectivity index (χ0v) is 26.3. The summed E-state index contributed by atoms with van der Waals surface area (Å²) in [6.45, 7) is 8.95. The number of pyridine rings is 1. The highest BCUT2D eigenvalue weighted by molar-refractivity contribution is 7.09. The molecule has 2 aromatic carbocycles. The summed E-state index contributed by atoms with van der Waals surface area (Å²) in [5.41, 5.74) is 4.88. The largest absolute Gasteiger partial charge is 0.390 e. The van der Waals surface area contributed by atoms with Crippen molar-refractivity contribution in [2.45, 2.75) is 64.8 Å². The molecule has 43 heavy (non-hydrogen) atoms. The lowest BCUT2D eigenvalue weighted by molar-refractivity contribution is 0.0742. The summed E-state index contributed by atoms with van der Waals surface area (Å²) in [6.07, 6.45) is 3.28. The Morgan fingerprint density at radius 2 is 1.72 bits per heavy atom. The van der Waals surface area contributed by atoms with Gasteiger partial charge in [0.05, 0.1) is 18.2 Å². The number of benzene rings is 2. The quantitative estimate of drug-likeness (QED) is 0.193. The lowest BCUT2D eigenvalue weighted by atomic mass is 10.00. The number of nitrogens with one attached hydrogen (secondary N) is 2. The number of carbonyl (C=O) groups is 2. The van der Waals surface area contributed by atoms with E-state index in [1.807, 2.05) is 62.0 Å². The van der Waals surface area contributed by atoms with Crippen LogP contribution in [0.3, 0.4) is 0 Å². The Kier molecular flexibility index (Phi) is 11.2. The summed E-state index contributed by atoms with van der Waals surface area (Å²) >= 11 is 1.52. The van der Waals surface area contributed by atoms with Gasteiger partial charge in [0.15, 0.2) is 0 Å². The molecule has 0 bridgehead atoms. The summed E-state index contributed by atoms with van der Waals surface area (Å²) < 4.78 is 0. The third-order valence-corrected chi connectivity index (χ3v) is 8.64. The van der Waals surface area contributed by atoms with Crippen molar-refractivity contribution >= 4 is 23.2 Å². The first-order valence-electron chi connectivity index (χ1n) is 14.6. The van der Waals surface area contributed by atoms with Crippen molar-refractivity contribution in [1.82, 2.24) is 25.5 Å². The minimum Gasteiger partial charge on any atom is -0.390 e. The predicted octanol–water partition coefficient (Wildman–Crippen LogP) is 5.29. The molecule has 3 atom stereocenters. The Labute approximate surface area is 258 Å². The van der Waals surface area contributed by atoms with E-state index in [9.17, 15) is 14.7 Å². The number of aromatic nitrogens is 2. The molecule has 2 heterocycles. The molecule has 2 amide bonds. The standard InChI is InChI=1S/C34H41N5O3S/c1-22(2)29-14-26(17-35-19-29)18-36-20-31(40)30(15-25-10-7-6-8-11-25)38-32(41)27-12-9-13-28(16-27)34(42)39(5)24(4)33-37-23(3)21-43-33/h6-14,16-17,19,21-22,24,30-31,36,40H,15,18,20H2,1-5H3,(H,38,41)/t24-,30+,31-/m1/s1. The molecule has 0 saturated heterocycles. The molecule has 0 aliphatic rings. The van der Waals surface area contributed by atoms with Crippen LogP contribution in [0.25, 0.3) is 0 Å². The van der Waals surface area contributed by atoms with Gasteiger partial charge < -0.3 is 20.6 Å². The van der Waals surface area contributed by atoms with E-state index in [1.54, 1.807) is 36.2 Å². The zero-order chi connectivity index (χ0) is 30.9. The molecule has 3 N–H and O–H groups in total. The number of amides is 2. The second-order valence-corrected chi connectivity index (χ2v) is 12.1. The van der Waals surface area contributed by atoms with Crippen molar-refractivity contribution in [3.8, 4) is 0 Å². The van der Waals surface area contributed by atoms with Crippen LogP contribution in [0.2, 0.25) is 0 Å². The number of nitrogens with zero attached hydrogens (tertiary/aromatic N) is 3. The van der Waals surface area contributed by atoms with Crippen molar-refractivity contribution < 1.29 is 14.7 Å². The number of thiazole rings is 1. The third-order valence-electron chi connectivity index (χ3n) is 7.51. The van der Waals surface area contributed by atoms with Gasteiger partial charge in [0, 0.05) is 54.7 Å². The summed E-state index contributed by atoms with van der Waals surface area (Å²) in [6, 6.07) is 17.8. The van der Waals surface area contributed by atoms with Gasteiger partial charge in [0.1, 0.15) is 5.01 Å². The average molecular weight is 600 g/mol. The molecule has 0 unspecified atom stereocenters. The molecular formula is C34H41N5O3S. The predicted molar refractivity (Wildman–Crippen MR) is 171 cm³/mol. The molecule has 2 aromatic heterocycles. The van der Waals surface area contributed by atoms with Crippen LogP contribution < -0.4 is 10.6 Å². The molecule has 0 radical (unpaired) electrons. The molecule has 0 aliphatic heterocycles. The average Bonchev–Trinajstić information content (AvgIpc) is 3.46. The lowest BCUT2D eigenvalue weighted by Crippen LogP contribution is -2.48. The number of hydrogen-bond donors (Lipinski definition) is 3. The first-order valence-corrected chi connectivity index (χ1v) is 15.5. The van der Waals surface area contributed by atoms with Crippen LogP contribution >= 0.6 is 11.3 Å². The first-order chi connectivity index (χ1) is 20.6. The van der Waals surface area contributed by atoms with Crippen LogP contribution in [0.4, 0.5) is 0 Å². The van der Waals surface area contributed by atoms with E-state index in [4.69, 9.17) is 0 Å². The van der Waals surface area contributed by atoms with Gasteiger partial charge in [0.2, 0.25) is 0 Å². The Morgan fingerprint density at radius 3 is 2.42 bits per heavy atom. The number of aliphatic hydroxyl groups excluding tert-OH is 1. The van der Waals surface area contributed by atoms with E-state index in [1.165, 1.54) is 11.3 Å². The van der Waals surface area contributed by atoms with Crippen molar-refractivity contribution in [3.05, 3.63) is 117 Å². The molecule has 4 rings (SSSR count). The van der Waals surface area contributed by atoms with Crippen molar-refractivity contribution in [2.75, 3.05) is 13.6 Å². The minimum atomic E-state index is -0.857. The first kappa shape index (κ1) is 32.0. The maximum Gasteiger partial charge on any atom is 0.254 e. The second-order valence-electron chi connectivity index (χ2n) is 11.2. The van der Waals surface area contributed by atoms with Crippen LogP contribution in [-0.2, 0) is 13.0 Å². The van der Waals surface area contributed by atoms with E-state index < -0.39 is 12.1 Å². The van der Waals surface area contributed by atoms with Crippen molar-refractivity contribution in [3.63, 3.8) is 0 Å². The number of aliphatic hydroxyl groups is 1. The lowest BCUT2D eigenvalue weighted by Gasteiger charge is -2.25. The van der Waals surface area contributed by atoms with Gasteiger partial charge in [-0.2, -0.15) is 0 Å². The minimum absolute atomic E-state index is 0.198. The number of carbonyl (C=O) groups excluding carboxylic acids is 2. The number of rotatable bonds is 13. The fraction of sp³-hybridized carbons (Fsp3) is 0.353. The Bertz CT molecular complexity index is 1510. The number of aryl methyl sites for hydroxylation is 1. The highest BCUT2D eigenvalue weighted by Crippen LogP contribution is 2.24. The van der Waals surface area contributed by atoms with Gasteiger partial charge in [-0.1, -0.05) is 56.3 Å². The Balaban J connectivity index is 1.44. The van der Waals surface area contributed by atoms with Gasteiger partial charge in [-0.25, -0.2) is 4.98 Å². The molecular weight excluding hydrogens is 558 g/mol. The Morgan fingerprint density at radius 1 is 0.977 bits per heavy atom. The van der Waals surface area contributed by atoms with E-state index >= 15 is 0 Å². The fourth-order valence-electron chi connectivity index (χ4n) is 4.73. The zero-order valence-electron chi connectivity index (χ0n) is 25.4. The SMILES string of the molecule is Cc1csc([C@@H](C)N(C)C(=O)c2cccc(C(=O)N[C@@H](Cc3ccccc3)[C@H](O)CNCc3cncc(C(C)C)c3)c2)n1. The van der Waals surface area contributed by atoms with Crippen molar-refractivity contribution in [2.24, 2.45) is 0 Å². The fourth-order valence-corrected chi connectivity index (χ4v) is 5.63. The molecule has 0 fully saturated rings. The smallest absolute Gasteiger partial charge is 0.254 e.